The molecule has 2 aliphatic rings. The smallest absolute Gasteiger partial charge is 0.313 e. The van der Waals surface area contributed by atoms with E-state index in [4.69, 9.17) is 33.4 Å². The maximum absolute atomic E-state index is 14.5. The van der Waals surface area contributed by atoms with Gasteiger partial charge in [-0.05, 0) is 87.1 Å². The van der Waals surface area contributed by atoms with Crippen molar-refractivity contribution in [2.24, 2.45) is 23.7 Å². The second-order valence-corrected chi connectivity index (χ2v) is 22.2. The molecule has 2 aliphatic heterocycles. The van der Waals surface area contributed by atoms with E-state index in [2.05, 4.69) is 46.5 Å². The van der Waals surface area contributed by atoms with Gasteiger partial charge in [-0.3, -0.25) is 43.3 Å². The number of piperidine rings is 1. The molecule has 1 aromatic carbocycles. The molecular formula is C59H88N6O14S. The number of anilines is 1. The molecule has 1 aromatic heterocycles. The number of Topliss-reactive ketones (excluding diaryl/α,β-unsaturated/α-hetero) is 2. The first kappa shape index (κ1) is 66.9. The predicted molar refractivity (Wildman–Crippen MR) is 303 cm³/mol. The molecule has 3 heterocycles. The molecule has 0 radical (unpaired) electrons. The second-order valence-electron chi connectivity index (χ2n) is 21.3. The van der Waals surface area contributed by atoms with Crippen molar-refractivity contribution in [3.8, 4) is 17.6 Å². The van der Waals surface area contributed by atoms with E-state index in [-0.39, 0.29) is 150 Å². The van der Waals surface area contributed by atoms with Crippen molar-refractivity contribution < 1.29 is 66.8 Å². The summed E-state index contributed by atoms with van der Waals surface area (Å²) in [5.74, 6) is 1.32. The molecule has 80 heavy (non-hydrogen) atoms. The van der Waals surface area contributed by atoms with Crippen LogP contribution < -0.4 is 20.7 Å². The fourth-order valence-electron chi connectivity index (χ4n) is 9.55. The van der Waals surface area contributed by atoms with Gasteiger partial charge in [0, 0.05) is 75.7 Å². The van der Waals surface area contributed by atoms with Crippen LogP contribution in [0.15, 0.2) is 23.6 Å². The van der Waals surface area contributed by atoms with E-state index < -0.39 is 53.8 Å². The Hall–Kier alpha value is -5.63. The summed E-state index contributed by atoms with van der Waals surface area (Å²) in [4.78, 5) is 114. The van der Waals surface area contributed by atoms with Crippen LogP contribution in [0.2, 0.25) is 0 Å². The van der Waals surface area contributed by atoms with Crippen molar-refractivity contribution in [2.75, 3.05) is 85.4 Å². The van der Waals surface area contributed by atoms with Crippen LogP contribution in [0.25, 0.3) is 0 Å². The summed E-state index contributed by atoms with van der Waals surface area (Å²) in [7, 11) is 3.73. The first-order valence-corrected chi connectivity index (χ1v) is 29.4. The number of nitrogens with one attached hydrogen (secondary N) is 3. The van der Waals surface area contributed by atoms with E-state index in [1.807, 2.05) is 34.7 Å². The molecule has 0 aliphatic carbocycles. The first-order chi connectivity index (χ1) is 38.3. The van der Waals surface area contributed by atoms with E-state index in [9.17, 15) is 38.4 Å². The number of hydrogen-bond donors (Lipinski definition) is 3. The van der Waals surface area contributed by atoms with E-state index in [1.54, 1.807) is 35.5 Å². The lowest BCUT2D eigenvalue weighted by Crippen LogP contribution is -2.48. The molecule has 4 rings (SSSR count). The molecule has 4 amide bonds. The minimum Gasteiger partial charge on any atom is -0.455 e. The lowest BCUT2D eigenvalue weighted by Gasteiger charge is -2.37. The standard InChI is InChI=1S/C59H88N6O14S/c1-10-40(5)33-44(34-43-17-19-52-47(35-43)62-55(70)21-26-75-31-32-77-28-23-60-54(69)20-18-45(67)15-14-25-74-29-30-76-27-22-56(71)79-52)61-57(72)48-38-80-58(63-48)53(78-42(7)66)37-50(39(3)4)65(9)59(73)46(41(6)11-2)36-51(68)49-16-12-13-24-64(49)8/h17,19,35,38-41,44,46,49-50,53H,10-16,21-34,36-37H2,1-9H3,(H,60,69)(H,61,72)(H,62,70)/t40?,41-,44+,46-,49+,50+,53+/m0/s1. The maximum atomic E-state index is 14.5. The number of benzene rings is 1. The average molecular weight is 1140 g/mol. The minimum absolute atomic E-state index is 0.0338. The molecule has 2 aromatic rings. The summed E-state index contributed by atoms with van der Waals surface area (Å²) >= 11 is 1.19. The summed E-state index contributed by atoms with van der Waals surface area (Å²) in [6, 6.07) is 4.09. The second kappa shape index (κ2) is 36.0. The number of carbonyl (C=O) groups is 8. The number of esters is 2. The number of thiazole rings is 1. The molecule has 0 saturated carbocycles. The third kappa shape index (κ3) is 23.8. The van der Waals surface area contributed by atoms with Crippen molar-refractivity contribution in [1.29, 1.82) is 0 Å². The number of ether oxygens (including phenoxy) is 6. The molecule has 0 spiro atoms. The fraction of sp³-hybridized carbons (Fsp3) is 0.678. The van der Waals surface area contributed by atoms with Gasteiger partial charge in [0.05, 0.1) is 70.8 Å². The highest BCUT2D eigenvalue weighted by Crippen LogP contribution is 2.34. The number of aromatic nitrogens is 1. The lowest BCUT2D eigenvalue weighted by atomic mass is 9.83. The molecule has 444 valence electrons. The maximum Gasteiger partial charge on any atom is 0.313 e. The van der Waals surface area contributed by atoms with Crippen LogP contribution in [0.4, 0.5) is 5.69 Å². The summed E-state index contributed by atoms with van der Waals surface area (Å²) in [6.07, 6.45) is 5.24. The summed E-state index contributed by atoms with van der Waals surface area (Å²) < 4.78 is 33.8. The fourth-order valence-corrected chi connectivity index (χ4v) is 10.4. The van der Waals surface area contributed by atoms with Gasteiger partial charge in [0.1, 0.15) is 10.7 Å². The lowest BCUT2D eigenvalue weighted by molar-refractivity contribution is -0.149. The van der Waals surface area contributed by atoms with Crippen molar-refractivity contribution in [2.45, 2.75) is 156 Å². The molecule has 1 unspecified atom stereocenters. The Bertz CT molecular complexity index is 2400. The monoisotopic (exact) mass is 1140 g/mol. The average Bonchev–Trinajstić information content (AvgIpc) is 3.96. The summed E-state index contributed by atoms with van der Waals surface area (Å²) in [5.41, 5.74) is 1.12. The SMILES string of the molecule is CCC(C)C[C@H](Cc1ccc2c(c1)NC(=O)CCOCCOCCNC(=O)C#CC(=O)CCCOCCOCCC(=O)O2)NC(=O)c1csc([C@@H](C[C@H](C(C)C)N(C)C(=O)[C@@H](CC(=O)[C@H]2CCCCN2C)[C@@H](C)CC)OC(C)=O)n1. The van der Waals surface area contributed by atoms with Crippen molar-refractivity contribution in [3.05, 3.63) is 39.8 Å². The van der Waals surface area contributed by atoms with Gasteiger partial charge in [-0.1, -0.05) is 66.9 Å². The number of ketones is 2. The van der Waals surface area contributed by atoms with Crippen LogP contribution in [0.1, 0.15) is 153 Å². The van der Waals surface area contributed by atoms with Crippen LogP contribution in [-0.2, 0) is 63.7 Å². The molecular weight excluding hydrogens is 1050 g/mol. The van der Waals surface area contributed by atoms with Crippen LogP contribution in [0.3, 0.4) is 0 Å². The largest absolute Gasteiger partial charge is 0.455 e. The van der Waals surface area contributed by atoms with E-state index >= 15 is 0 Å². The number of amides is 4. The Morgan fingerprint density at radius 3 is 2.25 bits per heavy atom. The number of likely N-dealkylation sites (N-methyl/N-ethyl adjacent to an activating group) is 1. The van der Waals surface area contributed by atoms with E-state index in [1.165, 1.54) is 18.3 Å². The highest BCUT2D eigenvalue weighted by molar-refractivity contribution is 7.09. The van der Waals surface area contributed by atoms with Crippen LogP contribution in [0, 0.1) is 35.5 Å². The summed E-state index contributed by atoms with van der Waals surface area (Å²) in [5, 5.41) is 10.6. The Kier molecular flexibility index (Phi) is 30.1. The zero-order chi connectivity index (χ0) is 58.6. The normalized spacial score (nSPS) is 19.8. The van der Waals surface area contributed by atoms with E-state index in [0.717, 1.165) is 44.2 Å². The highest BCUT2D eigenvalue weighted by atomic mass is 32.1. The van der Waals surface area contributed by atoms with Crippen molar-refractivity contribution >= 4 is 64.2 Å². The third-order valence-electron chi connectivity index (χ3n) is 14.6. The van der Waals surface area contributed by atoms with Gasteiger partial charge in [0.2, 0.25) is 17.6 Å². The van der Waals surface area contributed by atoms with Crippen LogP contribution in [0.5, 0.6) is 5.75 Å². The zero-order valence-corrected chi connectivity index (χ0v) is 49.5. The molecule has 21 heteroatoms. The topological polar surface area (TPSA) is 247 Å². The Balaban J connectivity index is 1.49. The Morgan fingerprint density at radius 1 is 0.875 bits per heavy atom. The number of carbonyl (C=O) groups excluding carboxylic acids is 8. The van der Waals surface area contributed by atoms with Gasteiger partial charge in [-0.25, -0.2) is 4.98 Å². The van der Waals surface area contributed by atoms with Crippen LogP contribution >= 0.6 is 11.3 Å². The van der Waals surface area contributed by atoms with Gasteiger partial charge >= 0.3 is 11.9 Å². The van der Waals surface area contributed by atoms with Crippen molar-refractivity contribution in [1.82, 2.24) is 25.4 Å². The molecule has 3 N–H and O–H groups in total. The number of nitrogens with zero attached hydrogens (tertiary/aromatic N) is 3. The van der Waals surface area contributed by atoms with Crippen molar-refractivity contribution in [3.63, 3.8) is 0 Å². The summed E-state index contributed by atoms with van der Waals surface area (Å²) in [6.45, 7) is 15.9. The molecule has 20 nitrogen and oxygen atoms in total. The first-order valence-electron chi connectivity index (χ1n) is 28.5. The van der Waals surface area contributed by atoms with Gasteiger partial charge < -0.3 is 49.3 Å². The number of rotatable bonds is 19. The molecule has 0 bridgehead atoms. The van der Waals surface area contributed by atoms with Gasteiger partial charge in [-0.15, -0.1) is 11.3 Å². The Morgan fingerprint density at radius 2 is 1.57 bits per heavy atom. The van der Waals surface area contributed by atoms with Gasteiger partial charge in [0.25, 0.3) is 11.8 Å². The highest BCUT2D eigenvalue weighted by Gasteiger charge is 2.38. The number of hydrogen-bond acceptors (Lipinski definition) is 17. The third-order valence-corrected chi connectivity index (χ3v) is 15.5. The number of fused-ring (bicyclic) bond motifs is 1. The van der Waals surface area contributed by atoms with Gasteiger partial charge in [0.15, 0.2) is 17.6 Å². The number of likely N-dealkylation sites (tertiary alicyclic amines) is 1. The van der Waals surface area contributed by atoms with Gasteiger partial charge in [-0.2, -0.15) is 0 Å². The van der Waals surface area contributed by atoms with Crippen LogP contribution in [-0.4, -0.2) is 160 Å². The molecule has 1 fully saturated rings. The van der Waals surface area contributed by atoms with E-state index in [0.29, 0.717) is 24.3 Å². The Labute approximate surface area is 477 Å². The zero-order valence-electron chi connectivity index (χ0n) is 48.7. The molecule has 7 atom stereocenters. The minimum atomic E-state index is -0.869. The quantitative estimate of drug-likeness (QED) is 0.0575. The molecule has 1 saturated heterocycles. The predicted octanol–water partition coefficient (Wildman–Crippen LogP) is 6.68.